The highest BCUT2D eigenvalue weighted by Gasteiger charge is 2.35. The summed E-state index contributed by atoms with van der Waals surface area (Å²) in [5, 5.41) is 23.1. The molecular weight excluding hydrogens is 230 g/mol. The van der Waals surface area contributed by atoms with Gasteiger partial charge in [0, 0.05) is 17.3 Å². The van der Waals surface area contributed by atoms with E-state index in [1.807, 2.05) is 6.07 Å². The molecule has 5 heteroatoms. The maximum atomic E-state index is 10.7. The molecule has 0 saturated heterocycles. The summed E-state index contributed by atoms with van der Waals surface area (Å²) >= 11 is 0. The van der Waals surface area contributed by atoms with Gasteiger partial charge < -0.3 is 5.32 Å². The number of nitrogens with one attached hydrogen (secondary N) is 1. The van der Waals surface area contributed by atoms with Crippen molar-refractivity contribution in [1.29, 1.82) is 5.26 Å². The first kappa shape index (κ1) is 12.4. The van der Waals surface area contributed by atoms with E-state index in [-0.39, 0.29) is 16.8 Å². The van der Waals surface area contributed by atoms with Crippen LogP contribution in [0.25, 0.3) is 0 Å². The molecule has 1 N–H and O–H groups in total. The van der Waals surface area contributed by atoms with E-state index < -0.39 is 4.92 Å². The molecule has 0 spiro atoms. The predicted molar refractivity (Wildman–Crippen MR) is 68.3 cm³/mol. The van der Waals surface area contributed by atoms with Gasteiger partial charge in [-0.25, -0.2) is 0 Å². The minimum atomic E-state index is -0.527. The van der Waals surface area contributed by atoms with Crippen LogP contribution in [-0.4, -0.2) is 10.5 Å². The van der Waals surface area contributed by atoms with Crippen molar-refractivity contribution in [3.8, 4) is 6.07 Å². The number of anilines is 1. The molecule has 5 nitrogen and oxygen atoms in total. The summed E-state index contributed by atoms with van der Waals surface area (Å²) in [7, 11) is 0. The summed E-state index contributed by atoms with van der Waals surface area (Å²) in [6.07, 6.45) is 4.45. The zero-order valence-corrected chi connectivity index (χ0v) is 10.3. The first-order valence-corrected chi connectivity index (χ1v) is 6.07. The maximum Gasteiger partial charge on any atom is 0.287 e. The van der Waals surface area contributed by atoms with Gasteiger partial charge in [-0.1, -0.05) is 6.92 Å². The van der Waals surface area contributed by atoms with Crippen LogP contribution in [-0.2, 0) is 0 Å². The van der Waals surface area contributed by atoms with Crippen LogP contribution in [0.2, 0.25) is 0 Å². The van der Waals surface area contributed by atoms with Gasteiger partial charge in [0.15, 0.2) is 0 Å². The predicted octanol–water partition coefficient (Wildman–Crippen LogP) is 3.21. The molecule has 2 rings (SSSR count). The number of benzene rings is 1. The highest BCUT2D eigenvalue weighted by atomic mass is 16.6. The lowest BCUT2D eigenvalue weighted by atomic mass is 9.74. The molecule has 1 aromatic rings. The summed E-state index contributed by atoms with van der Waals surface area (Å²) in [5.74, 6) is 0. The molecule has 0 atom stereocenters. The zero-order chi connectivity index (χ0) is 13.2. The normalized spacial score (nSPS) is 16.4. The zero-order valence-electron chi connectivity index (χ0n) is 10.3. The van der Waals surface area contributed by atoms with E-state index in [0.717, 1.165) is 24.9 Å². The van der Waals surface area contributed by atoms with Gasteiger partial charge in [-0.2, -0.15) is 5.26 Å². The standard InChI is InChI=1S/C13H15N3O2/c1-2-13(6-3-7-13)15-11-4-5-12(16(17)18)10(8-11)9-14/h4-5,8,15H,2-3,6-7H2,1H3. The van der Waals surface area contributed by atoms with Crippen molar-refractivity contribution in [3.63, 3.8) is 0 Å². The van der Waals surface area contributed by atoms with Crippen LogP contribution in [0.5, 0.6) is 0 Å². The molecule has 1 aliphatic rings. The molecule has 0 heterocycles. The van der Waals surface area contributed by atoms with Crippen molar-refractivity contribution >= 4 is 11.4 Å². The quantitative estimate of drug-likeness (QED) is 0.652. The molecule has 0 bridgehead atoms. The molecule has 1 fully saturated rings. The fourth-order valence-corrected chi connectivity index (χ4v) is 2.34. The molecule has 1 aromatic carbocycles. The highest BCUT2D eigenvalue weighted by molar-refractivity contribution is 5.59. The van der Waals surface area contributed by atoms with Crippen molar-refractivity contribution in [1.82, 2.24) is 0 Å². The summed E-state index contributed by atoms with van der Waals surface area (Å²) in [5.41, 5.74) is 0.875. The molecule has 0 aromatic heterocycles. The number of nitriles is 1. The second kappa shape index (κ2) is 4.65. The van der Waals surface area contributed by atoms with E-state index in [0.29, 0.717) is 0 Å². The Hall–Kier alpha value is -2.09. The smallest absolute Gasteiger partial charge is 0.287 e. The molecule has 0 aliphatic heterocycles. The molecule has 18 heavy (non-hydrogen) atoms. The molecule has 0 amide bonds. The number of hydrogen-bond acceptors (Lipinski definition) is 4. The lowest BCUT2D eigenvalue weighted by molar-refractivity contribution is -0.385. The average molecular weight is 245 g/mol. The fraction of sp³-hybridized carbons (Fsp3) is 0.462. The van der Waals surface area contributed by atoms with E-state index in [1.165, 1.54) is 12.5 Å². The SMILES string of the molecule is CCC1(Nc2ccc([N+](=O)[O-])c(C#N)c2)CCC1. The first-order valence-electron chi connectivity index (χ1n) is 6.07. The lowest BCUT2D eigenvalue weighted by Crippen LogP contribution is -2.44. The van der Waals surface area contributed by atoms with Gasteiger partial charge in [-0.15, -0.1) is 0 Å². The Morgan fingerprint density at radius 3 is 2.72 bits per heavy atom. The second-order valence-electron chi connectivity index (χ2n) is 4.71. The summed E-state index contributed by atoms with van der Waals surface area (Å²) in [6, 6.07) is 6.51. The average Bonchev–Trinajstić information content (AvgIpc) is 2.33. The van der Waals surface area contributed by atoms with Gasteiger partial charge in [-0.3, -0.25) is 10.1 Å². The summed E-state index contributed by atoms with van der Waals surface area (Å²) in [4.78, 5) is 10.2. The van der Waals surface area contributed by atoms with Gasteiger partial charge in [-0.05, 0) is 37.8 Å². The first-order chi connectivity index (χ1) is 8.60. The van der Waals surface area contributed by atoms with E-state index in [2.05, 4.69) is 12.2 Å². The Morgan fingerprint density at radius 2 is 2.28 bits per heavy atom. The van der Waals surface area contributed by atoms with Crippen molar-refractivity contribution < 1.29 is 4.92 Å². The number of nitrogens with zero attached hydrogens (tertiary/aromatic N) is 2. The summed E-state index contributed by atoms with van der Waals surface area (Å²) in [6.45, 7) is 2.13. The van der Waals surface area contributed by atoms with Crippen LogP contribution in [0.3, 0.4) is 0 Å². The van der Waals surface area contributed by atoms with Gasteiger partial charge >= 0.3 is 0 Å². The maximum absolute atomic E-state index is 10.7. The molecule has 0 unspecified atom stereocenters. The third-order valence-corrected chi connectivity index (χ3v) is 3.71. The highest BCUT2D eigenvalue weighted by Crippen LogP contribution is 2.38. The molecule has 1 aliphatic carbocycles. The Labute approximate surface area is 106 Å². The van der Waals surface area contributed by atoms with Crippen LogP contribution < -0.4 is 5.32 Å². The second-order valence-corrected chi connectivity index (χ2v) is 4.71. The van der Waals surface area contributed by atoms with Crippen LogP contribution >= 0.6 is 0 Å². The fourth-order valence-electron chi connectivity index (χ4n) is 2.34. The lowest BCUT2D eigenvalue weighted by Gasteiger charge is -2.43. The van der Waals surface area contributed by atoms with Crippen LogP contribution in [0, 0.1) is 21.4 Å². The topological polar surface area (TPSA) is 79.0 Å². The van der Waals surface area contributed by atoms with Crippen LogP contribution in [0.15, 0.2) is 18.2 Å². The Bertz CT molecular complexity index is 510. The van der Waals surface area contributed by atoms with Crippen molar-refractivity contribution in [2.24, 2.45) is 0 Å². The minimum absolute atomic E-state index is 0.107. The number of nitro benzene ring substituents is 1. The third kappa shape index (κ3) is 2.14. The molecular formula is C13H15N3O2. The number of hydrogen-bond donors (Lipinski definition) is 1. The van der Waals surface area contributed by atoms with Crippen molar-refractivity contribution in [2.75, 3.05) is 5.32 Å². The number of nitro groups is 1. The van der Waals surface area contributed by atoms with Gasteiger partial charge in [0.05, 0.1) is 4.92 Å². The Balaban J connectivity index is 2.25. The molecule has 94 valence electrons. The van der Waals surface area contributed by atoms with Crippen LogP contribution in [0.4, 0.5) is 11.4 Å². The summed E-state index contributed by atoms with van der Waals surface area (Å²) < 4.78 is 0. The van der Waals surface area contributed by atoms with Gasteiger partial charge in [0.2, 0.25) is 0 Å². The van der Waals surface area contributed by atoms with Gasteiger partial charge in [0.25, 0.3) is 5.69 Å². The van der Waals surface area contributed by atoms with Gasteiger partial charge in [0.1, 0.15) is 11.6 Å². The molecule has 1 saturated carbocycles. The largest absolute Gasteiger partial charge is 0.380 e. The Morgan fingerprint density at radius 1 is 1.56 bits per heavy atom. The minimum Gasteiger partial charge on any atom is -0.380 e. The monoisotopic (exact) mass is 245 g/mol. The Kier molecular flexibility index (Phi) is 3.19. The van der Waals surface area contributed by atoms with E-state index in [9.17, 15) is 10.1 Å². The van der Waals surface area contributed by atoms with E-state index in [1.54, 1.807) is 12.1 Å². The van der Waals surface area contributed by atoms with E-state index in [4.69, 9.17) is 5.26 Å². The van der Waals surface area contributed by atoms with Crippen molar-refractivity contribution in [3.05, 3.63) is 33.9 Å². The molecule has 0 radical (unpaired) electrons. The third-order valence-electron chi connectivity index (χ3n) is 3.71. The van der Waals surface area contributed by atoms with Crippen molar-refractivity contribution in [2.45, 2.75) is 38.1 Å². The van der Waals surface area contributed by atoms with E-state index >= 15 is 0 Å². The van der Waals surface area contributed by atoms with Crippen LogP contribution in [0.1, 0.15) is 38.2 Å². The number of rotatable bonds is 4.